The largest absolute Gasteiger partial charge is 0.506 e. The number of anilines is 1. The monoisotopic (exact) mass is 511 g/mol. The summed E-state index contributed by atoms with van der Waals surface area (Å²) in [5, 5.41) is 13.3. The molecule has 10 heteroatoms. The molecule has 1 aliphatic heterocycles. The van der Waals surface area contributed by atoms with Gasteiger partial charge in [-0.3, -0.25) is 4.99 Å². The van der Waals surface area contributed by atoms with Gasteiger partial charge >= 0.3 is 0 Å². The average molecular weight is 511 g/mol. The molecule has 1 aromatic carbocycles. The van der Waals surface area contributed by atoms with E-state index in [1.807, 2.05) is 32.0 Å². The number of aromatic hydroxyl groups is 1. The zero-order valence-corrected chi connectivity index (χ0v) is 19.4. The highest BCUT2D eigenvalue weighted by molar-refractivity contribution is 14.0. The van der Waals surface area contributed by atoms with E-state index in [0.717, 1.165) is 44.1 Å². The highest BCUT2D eigenvalue weighted by Crippen LogP contribution is 2.27. The highest BCUT2D eigenvalue weighted by atomic mass is 127. The molecule has 1 aromatic rings. The molecular weight excluding hydrogens is 481 g/mol. The third kappa shape index (κ3) is 7.34. The van der Waals surface area contributed by atoms with E-state index in [9.17, 15) is 13.5 Å². The maximum Gasteiger partial charge on any atom is 0.209 e. The van der Waals surface area contributed by atoms with E-state index in [-0.39, 0.29) is 29.7 Å². The van der Waals surface area contributed by atoms with Crippen LogP contribution in [0.5, 0.6) is 5.75 Å². The number of piperazine rings is 1. The molecule has 1 heterocycles. The van der Waals surface area contributed by atoms with Gasteiger partial charge in [0.2, 0.25) is 10.0 Å². The molecule has 27 heavy (non-hydrogen) atoms. The van der Waals surface area contributed by atoms with Crippen molar-refractivity contribution in [2.75, 3.05) is 50.9 Å². The standard InChI is InChI=1S/C17H29N5O3S.HI/c1-17(2,20-26(4,24)25)13-19-16(18-3)22-11-9-21(10-12-22)14-7-5-6-8-15(14)23;/h5-8,20,23H,9-13H2,1-4H3,(H,18,19);1H. The van der Waals surface area contributed by atoms with Crippen molar-refractivity contribution in [3.8, 4) is 5.75 Å². The van der Waals surface area contributed by atoms with Crippen molar-refractivity contribution in [2.24, 2.45) is 4.99 Å². The van der Waals surface area contributed by atoms with Gasteiger partial charge in [-0.1, -0.05) is 12.1 Å². The van der Waals surface area contributed by atoms with E-state index in [1.165, 1.54) is 0 Å². The Bertz CT molecular complexity index is 747. The molecule has 8 nitrogen and oxygen atoms in total. The Balaban J connectivity index is 0.00000364. The Morgan fingerprint density at radius 2 is 1.81 bits per heavy atom. The Hall–Kier alpha value is -1.27. The predicted octanol–water partition coefficient (Wildman–Crippen LogP) is 1.04. The summed E-state index contributed by atoms with van der Waals surface area (Å²) < 4.78 is 25.5. The van der Waals surface area contributed by atoms with Crippen LogP contribution in [0.25, 0.3) is 0 Å². The maximum absolute atomic E-state index is 11.5. The van der Waals surface area contributed by atoms with Crippen molar-refractivity contribution >= 4 is 45.6 Å². The van der Waals surface area contributed by atoms with Gasteiger partial charge in [0.25, 0.3) is 0 Å². The Labute approximate surface area is 179 Å². The number of para-hydroxylation sites is 2. The topological polar surface area (TPSA) is 97.3 Å². The summed E-state index contributed by atoms with van der Waals surface area (Å²) in [5.74, 6) is 1.03. The Morgan fingerprint density at radius 3 is 2.33 bits per heavy atom. The summed E-state index contributed by atoms with van der Waals surface area (Å²) >= 11 is 0. The molecule has 0 radical (unpaired) electrons. The van der Waals surface area contributed by atoms with Crippen molar-refractivity contribution in [3.05, 3.63) is 24.3 Å². The van der Waals surface area contributed by atoms with Crippen molar-refractivity contribution in [3.63, 3.8) is 0 Å². The number of phenolic OH excluding ortho intramolecular Hbond substituents is 1. The summed E-state index contributed by atoms with van der Waals surface area (Å²) in [5.41, 5.74) is 0.217. The third-order valence-electron chi connectivity index (χ3n) is 4.16. The lowest BCUT2D eigenvalue weighted by Gasteiger charge is -2.38. The van der Waals surface area contributed by atoms with Gasteiger partial charge in [-0.05, 0) is 26.0 Å². The molecule has 1 aliphatic rings. The van der Waals surface area contributed by atoms with Crippen LogP contribution in [-0.4, -0.2) is 75.9 Å². The van der Waals surface area contributed by atoms with Crippen LogP contribution in [0.2, 0.25) is 0 Å². The molecule has 0 aromatic heterocycles. The van der Waals surface area contributed by atoms with Crippen LogP contribution in [0.15, 0.2) is 29.3 Å². The number of halogens is 1. The molecular formula is C17H30IN5O3S. The van der Waals surface area contributed by atoms with Gasteiger partial charge in [-0.25, -0.2) is 13.1 Å². The second-order valence-corrected chi connectivity index (χ2v) is 8.87. The van der Waals surface area contributed by atoms with E-state index in [0.29, 0.717) is 6.54 Å². The fourth-order valence-corrected chi connectivity index (χ4v) is 4.14. The van der Waals surface area contributed by atoms with E-state index in [2.05, 4.69) is 24.8 Å². The first-order valence-corrected chi connectivity index (χ1v) is 10.5. The SMILES string of the molecule is CN=C(NCC(C)(C)NS(C)(=O)=O)N1CCN(c2ccccc2O)CC1.I. The summed E-state index contributed by atoms with van der Waals surface area (Å²) in [7, 11) is -1.56. The summed E-state index contributed by atoms with van der Waals surface area (Å²) in [6.45, 7) is 7.12. The molecule has 0 amide bonds. The smallest absolute Gasteiger partial charge is 0.209 e. The van der Waals surface area contributed by atoms with Gasteiger partial charge in [-0.2, -0.15) is 0 Å². The lowest BCUT2D eigenvalue weighted by atomic mass is 10.1. The maximum atomic E-state index is 11.5. The van der Waals surface area contributed by atoms with Crippen LogP contribution in [0.4, 0.5) is 5.69 Å². The molecule has 0 spiro atoms. The predicted molar refractivity (Wildman–Crippen MR) is 121 cm³/mol. The zero-order chi connectivity index (χ0) is 19.4. The number of nitrogens with zero attached hydrogens (tertiary/aromatic N) is 3. The number of aliphatic imine (C=N–C) groups is 1. The number of benzene rings is 1. The number of hydrogen-bond donors (Lipinski definition) is 3. The second kappa shape index (κ2) is 9.78. The number of nitrogens with one attached hydrogen (secondary N) is 2. The van der Waals surface area contributed by atoms with Gasteiger partial charge < -0.3 is 20.2 Å². The van der Waals surface area contributed by atoms with Crippen LogP contribution in [0.3, 0.4) is 0 Å². The van der Waals surface area contributed by atoms with E-state index >= 15 is 0 Å². The van der Waals surface area contributed by atoms with Crippen LogP contribution in [0, 0.1) is 0 Å². The van der Waals surface area contributed by atoms with Gasteiger partial charge in [0.1, 0.15) is 5.75 Å². The molecule has 0 atom stereocenters. The fraction of sp³-hybridized carbons (Fsp3) is 0.588. The number of guanidine groups is 1. The lowest BCUT2D eigenvalue weighted by molar-refractivity contribution is 0.360. The minimum Gasteiger partial charge on any atom is -0.506 e. The van der Waals surface area contributed by atoms with Crippen LogP contribution in [0.1, 0.15) is 13.8 Å². The van der Waals surface area contributed by atoms with E-state index < -0.39 is 15.6 Å². The van der Waals surface area contributed by atoms with Crippen LogP contribution < -0.4 is 14.9 Å². The molecule has 0 bridgehead atoms. The normalized spacial score (nSPS) is 16.1. The van der Waals surface area contributed by atoms with E-state index in [4.69, 9.17) is 0 Å². The molecule has 154 valence electrons. The molecule has 1 fully saturated rings. The Morgan fingerprint density at radius 1 is 1.22 bits per heavy atom. The molecule has 0 aliphatic carbocycles. The quantitative estimate of drug-likeness (QED) is 0.311. The summed E-state index contributed by atoms with van der Waals surface area (Å²) in [6.07, 6.45) is 1.15. The van der Waals surface area contributed by atoms with Crippen molar-refractivity contribution < 1.29 is 13.5 Å². The van der Waals surface area contributed by atoms with Gasteiger partial charge in [-0.15, -0.1) is 24.0 Å². The summed E-state index contributed by atoms with van der Waals surface area (Å²) in [6, 6.07) is 7.34. The lowest BCUT2D eigenvalue weighted by Crippen LogP contribution is -2.56. The summed E-state index contributed by atoms with van der Waals surface area (Å²) in [4.78, 5) is 8.59. The van der Waals surface area contributed by atoms with Gasteiger partial charge in [0.15, 0.2) is 5.96 Å². The molecule has 2 rings (SSSR count). The average Bonchev–Trinajstić information content (AvgIpc) is 2.54. The van der Waals surface area contributed by atoms with Gasteiger partial charge in [0, 0.05) is 45.3 Å². The number of hydrogen-bond acceptors (Lipinski definition) is 5. The fourth-order valence-electron chi connectivity index (χ4n) is 3.06. The minimum atomic E-state index is -3.28. The molecule has 0 unspecified atom stereocenters. The second-order valence-electron chi connectivity index (χ2n) is 7.12. The molecule has 1 saturated heterocycles. The van der Waals surface area contributed by atoms with Crippen molar-refractivity contribution in [1.29, 1.82) is 0 Å². The van der Waals surface area contributed by atoms with Crippen LogP contribution >= 0.6 is 24.0 Å². The van der Waals surface area contributed by atoms with Gasteiger partial charge in [0.05, 0.1) is 11.9 Å². The van der Waals surface area contributed by atoms with Crippen molar-refractivity contribution in [2.45, 2.75) is 19.4 Å². The van der Waals surface area contributed by atoms with Crippen LogP contribution in [-0.2, 0) is 10.0 Å². The first-order valence-electron chi connectivity index (χ1n) is 8.59. The first-order chi connectivity index (χ1) is 12.1. The first kappa shape index (κ1) is 23.8. The number of phenols is 1. The Kier molecular flexibility index (Phi) is 8.61. The third-order valence-corrected chi connectivity index (χ3v) is 5.09. The molecule has 0 saturated carbocycles. The highest BCUT2D eigenvalue weighted by Gasteiger charge is 2.25. The molecule has 3 N–H and O–H groups in total. The zero-order valence-electron chi connectivity index (χ0n) is 16.3. The number of rotatable bonds is 5. The van der Waals surface area contributed by atoms with E-state index in [1.54, 1.807) is 13.1 Å². The number of sulfonamides is 1. The minimum absolute atomic E-state index is 0. The van der Waals surface area contributed by atoms with Crippen molar-refractivity contribution in [1.82, 2.24) is 14.9 Å².